The first-order chi connectivity index (χ1) is 11.0. The van der Waals surface area contributed by atoms with Crippen LogP contribution in [0.2, 0.25) is 0 Å². The van der Waals surface area contributed by atoms with E-state index in [1.165, 1.54) is 5.56 Å². The van der Waals surface area contributed by atoms with Crippen molar-refractivity contribution >= 4 is 21.9 Å². The lowest BCUT2D eigenvalue weighted by Gasteiger charge is -2.29. The van der Waals surface area contributed by atoms with Gasteiger partial charge in [0.05, 0.1) is 17.3 Å². The highest BCUT2D eigenvalue weighted by Gasteiger charge is 2.24. The molecule has 1 fully saturated rings. The highest BCUT2D eigenvalue weighted by molar-refractivity contribution is 9.10. The van der Waals surface area contributed by atoms with Gasteiger partial charge in [0.15, 0.2) is 0 Å². The quantitative estimate of drug-likeness (QED) is 0.888. The normalized spacial score (nSPS) is 16.6. The van der Waals surface area contributed by atoms with E-state index in [0.717, 1.165) is 48.3 Å². The first kappa shape index (κ1) is 16.2. The summed E-state index contributed by atoms with van der Waals surface area (Å²) in [7, 11) is 0. The standard InChI is InChI=1S/C17H20BrN3O2/c1-12-14(10-20-8-6-13(7-9-20)17(22)23)11-21(19-12)16-4-2-15(18)3-5-16/h2-5,11,13H,6-10H2,1H3,(H,22,23). The molecule has 1 N–H and O–H groups in total. The highest BCUT2D eigenvalue weighted by Crippen LogP contribution is 2.21. The Hall–Kier alpha value is -1.66. The number of carboxylic acid groups (broad SMARTS) is 1. The molecule has 1 aliphatic heterocycles. The van der Waals surface area contributed by atoms with Gasteiger partial charge in [0.1, 0.15) is 0 Å². The Balaban J connectivity index is 1.67. The van der Waals surface area contributed by atoms with Crippen molar-refractivity contribution in [3.05, 3.63) is 46.2 Å². The van der Waals surface area contributed by atoms with Crippen molar-refractivity contribution in [2.75, 3.05) is 13.1 Å². The molecule has 0 radical (unpaired) electrons. The molecule has 1 aromatic carbocycles. The minimum atomic E-state index is -0.663. The summed E-state index contributed by atoms with van der Waals surface area (Å²) in [6, 6.07) is 8.06. The number of nitrogens with zero attached hydrogens (tertiary/aromatic N) is 3. The van der Waals surface area contributed by atoms with Gasteiger partial charge in [0, 0.05) is 22.8 Å². The predicted molar refractivity (Wildman–Crippen MR) is 91.6 cm³/mol. The number of aryl methyl sites for hydroxylation is 1. The van der Waals surface area contributed by atoms with Crippen LogP contribution in [0.25, 0.3) is 5.69 Å². The van der Waals surface area contributed by atoms with Crippen LogP contribution in [-0.4, -0.2) is 38.8 Å². The second-order valence-electron chi connectivity index (χ2n) is 6.05. The molecular weight excluding hydrogens is 358 g/mol. The second kappa shape index (κ2) is 6.84. The van der Waals surface area contributed by atoms with E-state index in [1.807, 2.05) is 35.9 Å². The van der Waals surface area contributed by atoms with Gasteiger partial charge in [-0.15, -0.1) is 0 Å². The number of benzene rings is 1. The van der Waals surface area contributed by atoms with Crippen molar-refractivity contribution in [1.82, 2.24) is 14.7 Å². The Kier molecular flexibility index (Phi) is 4.82. The molecular formula is C17H20BrN3O2. The second-order valence-corrected chi connectivity index (χ2v) is 6.97. The van der Waals surface area contributed by atoms with Crippen molar-refractivity contribution < 1.29 is 9.90 Å². The van der Waals surface area contributed by atoms with Crippen LogP contribution in [0.4, 0.5) is 0 Å². The molecule has 122 valence electrons. The van der Waals surface area contributed by atoms with Gasteiger partial charge in [0.25, 0.3) is 0 Å². The Morgan fingerprint density at radius 3 is 2.57 bits per heavy atom. The van der Waals surface area contributed by atoms with Crippen molar-refractivity contribution in [2.45, 2.75) is 26.3 Å². The zero-order valence-corrected chi connectivity index (χ0v) is 14.7. The number of carboxylic acids is 1. The molecule has 23 heavy (non-hydrogen) atoms. The summed E-state index contributed by atoms with van der Waals surface area (Å²) < 4.78 is 2.95. The van der Waals surface area contributed by atoms with Gasteiger partial charge in [-0.25, -0.2) is 4.68 Å². The van der Waals surface area contributed by atoms with Crippen molar-refractivity contribution in [1.29, 1.82) is 0 Å². The fourth-order valence-corrected chi connectivity index (χ4v) is 3.22. The van der Waals surface area contributed by atoms with Crippen LogP contribution in [0, 0.1) is 12.8 Å². The van der Waals surface area contributed by atoms with E-state index >= 15 is 0 Å². The largest absolute Gasteiger partial charge is 0.481 e. The van der Waals surface area contributed by atoms with Gasteiger partial charge >= 0.3 is 5.97 Å². The average Bonchev–Trinajstić information content (AvgIpc) is 2.89. The van der Waals surface area contributed by atoms with E-state index in [2.05, 4.69) is 32.1 Å². The van der Waals surface area contributed by atoms with Crippen LogP contribution in [0.15, 0.2) is 34.9 Å². The maximum absolute atomic E-state index is 11.0. The minimum absolute atomic E-state index is 0.183. The maximum Gasteiger partial charge on any atom is 0.306 e. The fraction of sp³-hybridized carbons (Fsp3) is 0.412. The first-order valence-corrected chi connectivity index (χ1v) is 8.58. The smallest absolute Gasteiger partial charge is 0.306 e. The van der Waals surface area contributed by atoms with Gasteiger partial charge < -0.3 is 5.11 Å². The van der Waals surface area contributed by atoms with Gasteiger partial charge in [-0.3, -0.25) is 9.69 Å². The van der Waals surface area contributed by atoms with Gasteiger partial charge in [-0.1, -0.05) is 15.9 Å². The number of rotatable bonds is 4. The number of halogens is 1. The third-order valence-electron chi connectivity index (χ3n) is 4.42. The predicted octanol–water partition coefficient (Wildman–Crippen LogP) is 3.24. The van der Waals surface area contributed by atoms with E-state index in [1.54, 1.807) is 0 Å². The van der Waals surface area contributed by atoms with Crippen molar-refractivity contribution in [3.8, 4) is 5.69 Å². The fourth-order valence-electron chi connectivity index (χ4n) is 2.96. The highest BCUT2D eigenvalue weighted by atomic mass is 79.9. The van der Waals surface area contributed by atoms with E-state index in [4.69, 9.17) is 5.11 Å². The number of aromatic nitrogens is 2. The molecule has 6 heteroatoms. The summed E-state index contributed by atoms with van der Waals surface area (Å²) in [6.07, 6.45) is 3.53. The molecule has 0 saturated carbocycles. The average molecular weight is 378 g/mol. The Bertz CT molecular complexity index is 688. The number of carbonyl (C=O) groups is 1. The summed E-state index contributed by atoms with van der Waals surface area (Å²) in [6.45, 7) is 4.52. The summed E-state index contributed by atoms with van der Waals surface area (Å²) in [5, 5.41) is 13.7. The van der Waals surface area contributed by atoms with Crippen molar-refractivity contribution in [2.24, 2.45) is 5.92 Å². The number of piperidine rings is 1. The summed E-state index contributed by atoms with van der Waals surface area (Å²) >= 11 is 3.44. The lowest BCUT2D eigenvalue weighted by molar-refractivity contribution is -0.143. The van der Waals surface area contributed by atoms with Gasteiger partial charge in [-0.2, -0.15) is 5.10 Å². The van der Waals surface area contributed by atoms with Crippen LogP contribution in [0.3, 0.4) is 0 Å². The SMILES string of the molecule is Cc1nn(-c2ccc(Br)cc2)cc1CN1CCC(C(=O)O)CC1. The molecule has 1 aliphatic rings. The zero-order chi connectivity index (χ0) is 16.4. The summed E-state index contributed by atoms with van der Waals surface area (Å²) in [4.78, 5) is 13.3. The van der Waals surface area contributed by atoms with Crippen LogP contribution in [0.5, 0.6) is 0 Å². The topological polar surface area (TPSA) is 58.4 Å². The monoisotopic (exact) mass is 377 g/mol. The molecule has 0 atom stereocenters. The van der Waals surface area contributed by atoms with E-state index in [0.29, 0.717) is 0 Å². The molecule has 3 rings (SSSR count). The third kappa shape index (κ3) is 3.82. The molecule has 0 unspecified atom stereocenters. The molecule has 1 saturated heterocycles. The van der Waals surface area contributed by atoms with Crippen LogP contribution in [-0.2, 0) is 11.3 Å². The Morgan fingerprint density at radius 2 is 1.96 bits per heavy atom. The molecule has 0 amide bonds. The van der Waals surface area contributed by atoms with Gasteiger partial charge in [-0.05, 0) is 57.1 Å². The Labute approximate surface area is 144 Å². The summed E-state index contributed by atoms with van der Waals surface area (Å²) in [5.74, 6) is -0.846. The zero-order valence-electron chi connectivity index (χ0n) is 13.1. The first-order valence-electron chi connectivity index (χ1n) is 7.79. The van der Waals surface area contributed by atoms with Crippen LogP contribution in [0.1, 0.15) is 24.1 Å². The molecule has 0 spiro atoms. The number of likely N-dealkylation sites (tertiary alicyclic amines) is 1. The van der Waals surface area contributed by atoms with Crippen molar-refractivity contribution in [3.63, 3.8) is 0 Å². The lowest BCUT2D eigenvalue weighted by atomic mass is 9.97. The van der Waals surface area contributed by atoms with E-state index in [9.17, 15) is 4.79 Å². The number of aliphatic carboxylic acids is 1. The van der Waals surface area contributed by atoms with E-state index < -0.39 is 5.97 Å². The third-order valence-corrected chi connectivity index (χ3v) is 4.95. The number of hydrogen-bond acceptors (Lipinski definition) is 3. The molecule has 0 bridgehead atoms. The lowest BCUT2D eigenvalue weighted by Crippen LogP contribution is -2.35. The molecule has 0 aliphatic carbocycles. The minimum Gasteiger partial charge on any atom is -0.481 e. The van der Waals surface area contributed by atoms with E-state index in [-0.39, 0.29) is 5.92 Å². The van der Waals surface area contributed by atoms with Gasteiger partial charge in [0.2, 0.25) is 0 Å². The molecule has 5 nitrogen and oxygen atoms in total. The maximum atomic E-state index is 11.0. The summed E-state index contributed by atoms with van der Waals surface area (Å²) in [5.41, 5.74) is 3.25. The Morgan fingerprint density at radius 1 is 1.30 bits per heavy atom. The number of hydrogen-bond donors (Lipinski definition) is 1. The van der Waals surface area contributed by atoms with Crippen LogP contribution >= 0.6 is 15.9 Å². The van der Waals surface area contributed by atoms with Crippen LogP contribution < -0.4 is 0 Å². The molecule has 2 aromatic rings. The molecule has 1 aromatic heterocycles. The molecule has 2 heterocycles.